The van der Waals surface area contributed by atoms with Gasteiger partial charge in [-0.15, -0.1) is 0 Å². The average Bonchev–Trinajstić information content (AvgIpc) is 2.55. The summed E-state index contributed by atoms with van der Waals surface area (Å²) in [7, 11) is 1.62. The molecule has 1 amide bonds. The zero-order chi connectivity index (χ0) is 15.8. The fourth-order valence-electron chi connectivity index (χ4n) is 1.91. The second kappa shape index (κ2) is 7.88. The first-order chi connectivity index (χ1) is 10.7. The van der Waals surface area contributed by atoms with Crippen LogP contribution in [0.25, 0.3) is 6.08 Å². The van der Waals surface area contributed by atoms with Crippen molar-refractivity contribution in [3.05, 3.63) is 60.2 Å². The Morgan fingerprint density at radius 1 is 1.14 bits per heavy atom. The van der Waals surface area contributed by atoms with Gasteiger partial charge in [-0.1, -0.05) is 24.3 Å². The molecule has 0 spiro atoms. The molecular formula is C18H19NO3. The summed E-state index contributed by atoms with van der Waals surface area (Å²) in [5.41, 5.74) is 1.59. The Balaban J connectivity index is 2.01. The van der Waals surface area contributed by atoms with Gasteiger partial charge in [0.1, 0.15) is 11.5 Å². The molecule has 22 heavy (non-hydrogen) atoms. The maximum Gasteiger partial charge on any atom is 0.248 e. The molecule has 0 fully saturated rings. The van der Waals surface area contributed by atoms with E-state index < -0.39 is 0 Å². The van der Waals surface area contributed by atoms with E-state index in [2.05, 4.69) is 5.32 Å². The molecule has 0 radical (unpaired) electrons. The molecule has 0 saturated carbocycles. The lowest BCUT2D eigenvalue weighted by atomic mass is 10.2. The Kier molecular flexibility index (Phi) is 5.60. The number of anilines is 1. The number of hydrogen-bond acceptors (Lipinski definition) is 3. The zero-order valence-corrected chi connectivity index (χ0v) is 12.7. The van der Waals surface area contributed by atoms with E-state index in [4.69, 9.17) is 9.47 Å². The van der Waals surface area contributed by atoms with Crippen LogP contribution in [-0.2, 0) is 4.79 Å². The molecule has 0 saturated heterocycles. The smallest absolute Gasteiger partial charge is 0.248 e. The number of rotatable bonds is 6. The number of benzene rings is 2. The topological polar surface area (TPSA) is 47.6 Å². The fourth-order valence-corrected chi connectivity index (χ4v) is 1.91. The Labute approximate surface area is 130 Å². The van der Waals surface area contributed by atoms with Crippen molar-refractivity contribution in [1.29, 1.82) is 0 Å². The maximum absolute atomic E-state index is 12.0. The van der Waals surface area contributed by atoms with Crippen LogP contribution in [-0.4, -0.2) is 19.6 Å². The van der Waals surface area contributed by atoms with Gasteiger partial charge < -0.3 is 14.8 Å². The Morgan fingerprint density at radius 2 is 1.86 bits per heavy atom. The number of carbonyl (C=O) groups is 1. The molecule has 0 bridgehead atoms. The van der Waals surface area contributed by atoms with Gasteiger partial charge in [-0.25, -0.2) is 0 Å². The SMILES string of the molecule is CCOc1ccccc1NC(=O)/C=C/c1ccc(OC)cc1. The lowest BCUT2D eigenvalue weighted by molar-refractivity contribution is -0.111. The quantitative estimate of drug-likeness (QED) is 0.826. The van der Waals surface area contributed by atoms with Crippen LogP contribution in [0.5, 0.6) is 11.5 Å². The van der Waals surface area contributed by atoms with E-state index in [9.17, 15) is 4.79 Å². The first kappa shape index (κ1) is 15.6. The Bertz CT molecular complexity index is 648. The minimum Gasteiger partial charge on any atom is -0.497 e. The second-order valence-electron chi connectivity index (χ2n) is 4.52. The van der Waals surface area contributed by atoms with Crippen LogP contribution in [0.4, 0.5) is 5.69 Å². The third-order valence-corrected chi connectivity index (χ3v) is 2.99. The van der Waals surface area contributed by atoms with Crippen molar-refractivity contribution in [2.24, 2.45) is 0 Å². The van der Waals surface area contributed by atoms with Crippen molar-refractivity contribution in [1.82, 2.24) is 0 Å². The summed E-state index contributed by atoms with van der Waals surface area (Å²) in [5, 5.41) is 2.81. The van der Waals surface area contributed by atoms with Crippen LogP contribution in [0.3, 0.4) is 0 Å². The van der Waals surface area contributed by atoms with E-state index >= 15 is 0 Å². The third kappa shape index (κ3) is 4.38. The summed E-state index contributed by atoms with van der Waals surface area (Å²) in [4.78, 5) is 12.0. The molecule has 1 N–H and O–H groups in total. The van der Waals surface area contributed by atoms with Crippen LogP contribution in [0.1, 0.15) is 12.5 Å². The van der Waals surface area contributed by atoms with Crippen molar-refractivity contribution in [3.8, 4) is 11.5 Å². The van der Waals surface area contributed by atoms with Crippen LogP contribution in [0.15, 0.2) is 54.6 Å². The highest BCUT2D eigenvalue weighted by Gasteiger charge is 2.04. The first-order valence-electron chi connectivity index (χ1n) is 7.08. The van der Waals surface area contributed by atoms with Crippen LogP contribution in [0.2, 0.25) is 0 Å². The number of ether oxygens (including phenoxy) is 2. The molecule has 2 rings (SSSR count). The van der Waals surface area contributed by atoms with Gasteiger partial charge in [0.15, 0.2) is 0 Å². The van der Waals surface area contributed by atoms with Crippen molar-refractivity contribution in [3.63, 3.8) is 0 Å². The van der Waals surface area contributed by atoms with Crippen LogP contribution >= 0.6 is 0 Å². The molecule has 0 aliphatic heterocycles. The van der Waals surface area contributed by atoms with Gasteiger partial charge in [0.05, 0.1) is 19.4 Å². The van der Waals surface area contributed by atoms with Crippen molar-refractivity contribution >= 4 is 17.7 Å². The molecule has 4 heteroatoms. The Hall–Kier alpha value is -2.75. The molecule has 0 aliphatic carbocycles. The van der Waals surface area contributed by atoms with E-state index in [-0.39, 0.29) is 5.91 Å². The lowest BCUT2D eigenvalue weighted by Crippen LogP contribution is -2.09. The van der Waals surface area contributed by atoms with Gasteiger partial charge in [-0.3, -0.25) is 4.79 Å². The highest BCUT2D eigenvalue weighted by molar-refractivity contribution is 6.02. The minimum atomic E-state index is -0.206. The van der Waals surface area contributed by atoms with Gasteiger partial charge in [0, 0.05) is 6.08 Å². The summed E-state index contributed by atoms with van der Waals surface area (Å²) in [5.74, 6) is 1.24. The van der Waals surface area contributed by atoms with E-state index in [0.717, 1.165) is 11.3 Å². The van der Waals surface area contributed by atoms with E-state index in [1.54, 1.807) is 13.2 Å². The summed E-state index contributed by atoms with van der Waals surface area (Å²) in [6, 6.07) is 14.8. The number of nitrogens with one attached hydrogen (secondary N) is 1. The number of methoxy groups -OCH3 is 1. The van der Waals surface area contributed by atoms with Gasteiger partial charge in [0.25, 0.3) is 0 Å². The predicted octanol–water partition coefficient (Wildman–Crippen LogP) is 3.75. The number of carbonyl (C=O) groups excluding carboxylic acids is 1. The molecular weight excluding hydrogens is 278 g/mol. The molecule has 114 valence electrons. The monoisotopic (exact) mass is 297 g/mol. The third-order valence-electron chi connectivity index (χ3n) is 2.99. The molecule has 0 heterocycles. The maximum atomic E-state index is 12.0. The number of para-hydroxylation sites is 2. The van der Waals surface area contributed by atoms with Crippen molar-refractivity contribution < 1.29 is 14.3 Å². The summed E-state index contributed by atoms with van der Waals surface area (Å²) < 4.78 is 10.6. The van der Waals surface area contributed by atoms with Gasteiger partial charge in [0.2, 0.25) is 5.91 Å². The molecule has 0 atom stereocenters. The van der Waals surface area contributed by atoms with E-state index in [0.29, 0.717) is 18.0 Å². The lowest BCUT2D eigenvalue weighted by Gasteiger charge is -2.09. The number of hydrogen-bond donors (Lipinski definition) is 1. The molecule has 2 aromatic rings. The number of amides is 1. The normalized spacial score (nSPS) is 10.5. The van der Waals surface area contributed by atoms with Gasteiger partial charge >= 0.3 is 0 Å². The Morgan fingerprint density at radius 3 is 2.55 bits per heavy atom. The van der Waals surface area contributed by atoms with E-state index in [1.807, 2.05) is 55.5 Å². The van der Waals surface area contributed by atoms with E-state index in [1.165, 1.54) is 6.08 Å². The molecule has 2 aromatic carbocycles. The molecule has 4 nitrogen and oxygen atoms in total. The summed E-state index contributed by atoms with van der Waals surface area (Å²) in [6.07, 6.45) is 3.24. The second-order valence-corrected chi connectivity index (χ2v) is 4.52. The summed E-state index contributed by atoms with van der Waals surface area (Å²) >= 11 is 0. The van der Waals surface area contributed by atoms with Crippen molar-refractivity contribution in [2.75, 3.05) is 19.0 Å². The van der Waals surface area contributed by atoms with Gasteiger partial charge in [-0.2, -0.15) is 0 Å². The molecule has 0 aromatic heterocycles. The summed E-state index contributed by atoms with van der Waals surface area (Å²) in [6.45, 7) is 2.46. The van der Waals surface area contributed by atoms with Gasteiger partial charge in [-0.05, 0) is 42.8 Å². The largest absolute Gasteiger partial charge is 0.497 e. The van der Waals surface area contributed by atoms with Crippen LogP contribution in [0, 0.1) is 0 Å². The average molecular weight is 297 g/mol. The minimum absolute atomic E-state index is 0.206. The zero-order valence-electron chi connectivity index (χ0n) is 12.7. The fraction of sp³-hybridized carbons (Fsp3) is 0.167. The predicted molar refractivity (Wildman–Crippen MR) is 88.3 cm³/mol. The highest BCUT2D eigenvalue weighted by Crippen LogP contribution is 2.23. The van der Waals surface area contributed by atoms with Crippen molar-refractivity contribution in [2.45, 2.75) is 6.92 Å². The standard InChI is InChI=1S/C18H19NO3/c1-3-22-17-7-5-4-6-16(17)19-18(20)13-10-14-8-11-15(21-2)12-9-14/h4-13H,3H2,1-2H3,(H,19,20)/b13-10+. The first-order valence-corrected chi connectivity index (χ1v) is 7.08. The van der Waals surface area contributed by atoms with Crippen LogP contribution < -0.4 is 14.8 Å². The molecule has 0 unspecified atom stereocenters. The highest BCUT2D eigenvalue weighted by atomic mass is 16.5. The molecule has 0 aliphatic rings.